The molecule has 2 N–H and O–H groups in total. The molecule has 0 bridgehead atoms. The van der Waals surface area contributed by atoms with E-state index in [9.17, 15) is 4.79 Å². The monoisotopic (exact) mass is 318 g/mol. The highest BCUT2D eigenvalue weighted by Crippen LogP contribution is 2.42. The summed E-state index contributed by atoms with van der Waals surface area (Å²) in [5.41, 5.74) is -0.372. The molecule has 1 heterocycles. The van der Waals surface area contributed by atoms with Crippen LogP contribution in [0.3, 0.4) is 0 Å². The summed E-state index contributed by atoms with van der Waals surface area (Å²) in [6.45, 7) is 1.96. The summed E-state index contributed by atoms with van der Waals surface area (Å²) >= 11 is 1.62. The average molecular weight is 318 g/mol. The highest BCUT2D eigenvalue weighted by Gasteiger charge is 2.46. The molecule has 1 aromatic heterocycles. The second-order valence-corrected chi connectivity index (χ2v) is 7.84. The average Bonchev–Trinajstić information content (AvgIpc) is 2.95. The number of hydrogen-bond donors (Lipinski definition) is 2. The number of rotatable bonds is 4. The standard InChI is InChI=1S/C16H22N4OS/c1-16(7-12(8-16)19-10-17)15(21)20-13-9-18-14(22-13)11-5-3-2-4-6-11/h9,11-12,19H,2-8H2,1H3,(H,20,21)/t12-,16-. The lowest BCUT2D eigenvalue weighted by atomic mass is 9.66. The fourth-order valence-corrected chi connectivity index (χ4v) is 4.54. The molecule has 0 unspecified atom stereocenters. The third kappa shape index (κ3) is 3.09. The van der Waals surface area contributed by atoms with Gasteiger partial charge in [-0.05, 0) is 25.7 Å². The van der Waals surface area contributed by atoms with E-state index < -0.39 is 0 Å². The number of nitrogens with one attached hydrogen (secondary N) is 2. The van der Waals surface area contributed by atoms with Gasteiger partial charge < -0.3 is 10.6 Å². The molecule has 2 aliphatic rings. The van der Waals surface area contributed by atoms with Crippen molar-refractivity contribution in [3.8, 4) is 6.19 Å². The van der Waals surface area contributed by atoms with Crippen molar-refractivity contribution in [3.05, 3.63) is 11.2 Å². The van der Waals surface area contributed by atoms with Gasteiger partial charge in [0.1, 0.15) is 5.00 Å². The van der Waals surface area contributed by atoms with Gasteiger partial charge in [-0.1, -0.05) is 26.2 Å². The van der Waals surface area contributed by atoms with E-state index in [0.717, 1.165) is 10.0 Å². The van der Waals surface area contributed by atoms with E-state index in [1.54, 1.807) is 17.5 Å². The van der Waals surface area contributed by atoms with E-state index >= 15 is 0 Å². The second-order valence-electron chi connectivity index (χ2n) is 6.77. The van der Waals surface area contributed by atoms with Crippen molar-refractivity contribution in [1.29, 1.82) is 5.26 Å². The second kappa shape index (κ2) is 6.25. The van der Waals surface area contributed by atoms with Gasteiger partial charge in [-0.3, -0.25) is 4.79 Å². The minimum absolute atomic E-state index is 0.0438. The predicted molar refractivity (Wildman–Crippen MR) is 86.4 cm³/mol. The van der Waals surface area contributed by atoms with Crippen molar-refractivity contribution in [2.75, 3.05) is 5.32 Å². The third-order valence-electron chi connectivity index (χ3n) is 4.93. The Bertz CT molecular complexity index is 579. The number of hydrogen-bond acceptors (Lipinski definition) is 5. The van der Waals surface area contributed by atoms with Crippen LogP contribution in [-0.4, -0.2) is 16.9 Å². The van der Waals surface area contributed by atoms with Crippen LogP contribution in [0.25, 0.3) is 0 Å². The molecule has 0 aliphatic heterocycles. The summed E-state index contributed by atoms with van der Waals surface area (Å²) in [7, 11) is 0. The van der Waals surface area contributed by atoms with Crippen LogP contribution < -0.4 is 10.6 Å². The van der Waals surface area contributed by atoms with Gasteiger partial charge in [0, 0.05) is 12.0 Å². The molecule has 3 rings (SSSR count). The van der Waals surface area contributed by atoms with Crippen LogP contribution >= 0.6 is 11.3 Å². The molecule has 1 amide bonds. The Labute approximate surface area is 135 Å². The molecular weight excluding hydrogens is 296 g/mol. The SMILES string of the molecule is C[C@]1(C(=O)Nc2cnc(C3CCCCC3)s2)C[C@H](NC#N)C1. The quantitative estimate of drug-likeness (QED) is 0.659. The molecule has 0 spiro atoms. The van der Waals surface area contributed by atoms with Crippen LogP contribution in [0.15, 0.2) is 6.20 Å². The zero-order valence-corrected chi connectivity index (χ0v) is 13.7. The first-order valence-corrected chi connectivity index (χ1v) is 8.84. The zero-order valence-electron chi connectivity index (χ0n) is 12.9. The van der Waals surface area contributed by atoms with Crippen molar-refractivity contribution < 1.29 is 4.79 Å². The zero-order chi connectivity index (χ0) is 15.6. The minimum Gasteiger partial charge on any atom is -0.321 e. The fraction of sp³-hybridized carbons (Fsp3) is 0.688. The van der Waals surface area contributed by atoms with E-state index in [1.807, 2.05) is 13.1 Å². The maximum absolute atomic E-state index is 12.4. The topological polar surface area (TPSA) is 77.8 Å². The maximum Gasteiger partial charge on any atom is 0.231 e. The highest BCUT2D eigenvalue weighted by atomic mass is 32.1. The molecule has 0 saturated heterocycles. The number of aromatic nitrogens is 1. The molecule has 22 heavy (non-hydrogen) atoms. The Balaban J connectivity index is 1.56. The number of carbonyl (C=O) groups excluding carboxylic acids is 1. The lowest BCUT2D eigenvalue weighted by Crippen LogP contribution is -2.51. The van der Waals surface area contributed by atoms with Crippen molar-refractivity contribution in [3.63, 3.8) is 0 Å². The molecule has 118 valence electrons. The first-order valence-electron chi connectivity index (χ1n) is 8.02. The van der Waals surface area contributed by atoms with Crippen molar-refractivity contribution in [1.82, 2.24) is 10.3 Å². The molecule has 1 aromatic rings. The van der Waals surface area contributed by atoms with Crippen LogP contribution in [0.4, 0.5) is 5.00 Å². The van der Waals surface area contributed by atoms with E-state index in [2.05, 4.69) is 15.6 Å². The normalized spacial score (nSPS) is 28.5. The van der Waals surface area contributed by atoms with Crippen molar-refractivity contribution in [2.24, 2.45) is 5.41 Å². The Morgan fingerprint density at radius 3 is 2.82 bits per heavy atom. The summed E-state index contributed by atoms with van der Waals surface area (Å²) < 4.78 is 0. The molecule has 2 aliphatic carbocycles. The van der Waals surface area contributed by atoms with E-state index in [-0.39, 0.29) is 17.4 Å². The van der Waals surface area contributed by atoms with Gasteiger partial charge in [-0.15, -0.1) is 11.3 Å². The maximum atomic E-state index is 12.4. The van der Waals surface area contributed by atoms with Gasteiger partial charge in [-0.25, -0.2) is 4.98 Å². The highest BCUT2D eigenvalue weighted by molar-refractivity contribution is 7.15. The number of anilines is 1. The van der Waals surface area contributed by atoms with Gasteiger partial charge in [-0.2, -0.15) is 5.26 Å². The number of thiazole rings is 1. The first-order chi connectivity index (χ1) is 10.6. The van der Waals surface area contributed by atoms with Gasteiger partial charge in [0.05, 0.1) is 16.6 Å². The summed E-state index contributed by atoms with van der Waals surface area (Å²) in [6, 6.07) is 0.139. The van der Waals surface area contributed by atoms with Crippen molar-refractivity contribution in [2.45, 2.75) is 63.8 Å². The van der Waals surface area contributed by atoms with E-state index in [4.69, 9.17) is 5.26 Å². The predicted octanol–water partition coefficient (Wildman–Crippen LogP) is 3.37. The Kier molecular flexibility index (Phi) is 4.34. The minimum atomic E-state index is -0.372. The van der Waals surface area contributed by atoms with Gasteiger partial charge in [0.15, 0.2) is 6.19 Å². The lowest BCUT2D eigenvalue weighted by molar-refractivity contribution is -0.130. The van der Waals surface area contributed by atoms with Crippen molar-refractivity contribution >= 4 is 22.2 Å². The fourth-order valence-electron chi connectivity index (χ4n) is 3.55. The molecule has 0 aromatic carbocycles. The number of nitriles is 1. The Morgan fingerprint density at radius 2 is 2.14 bits per heavy atom. The Hall–Kier alpha value is -1.61. The summed E-state index contributed by atoms with van der Waals surface area (Å²) in [4.78, 5) is 16.9. The molecule has 5 nitrogen and oxygen atoms in total. The molecule has 0 radical (unpaired) electrons. The molecule has 2 fully saturated rings. The summed E-state index contributed by atoms with van der Waals surface area (Å²) in [5.74, 6) is 0.621. The van der Waals surface area contributed by atoms with Gasteiger partial charge in [0.25, 0.3) is 0 Å². The molecule has 6 heteroatoms. The number of nitrogens with zero attached hydrogens (tertiary/aromatic N) is 2. The first kappa shape index (κ1) is 15.3. The van der Waals surface area contributed by atoms with Crippen LogP contribution in [0.5, 0.6) is 0 Å². The van der Waals surface area contributed by atoms with Crippen LogP contribution in [-0.2, 0) is 4.79 Å². The van der Waals surface area contributed by atoms with Crippen LogP contribution in [0, 0.1) is 16.9 Å². The summed E-state index contributed by atoms with van der Waals surface area (Å²) in [5, 5.41) is 16.4. The third-order valence-corrected chi connectivity index (χ3v) is 6.00. The molecular formula is C16H22N4OS. The summed E-state index contributed by atoms with van der Waals surface area (Å²) in [6.07, 6.45) is 11.5. The van der Waals surface area contributed by atoms with Crippen LogP contribution in [0.1, 0.15) is 62.8 Å². The van der Waals surface area contributed by atoms with E-state index in [1.165, 1.54) is 32.1 Å². The molecule has 0 atom stereocenters. The van der Waals surface area contributed by atoms with Gasteiger partial charge in [0.2, 0.25) is 5.91 Å². The Morgan fingerprint density at radius 1 is 1.41 bits per heavy atom. The smallest absolute Gasteiger partial charge is 0.231 e. The van der Waals surface area contributed by atoms with E-state index in [0.29, 0.717) is 18.8 Å². The number of amides is 1. The van der Waals surface area contributed by atoms with Crippen LogP contribution in [0.2, 0.25) is 0 Å². The van der Waals surface area contributed by atoms with Gasteiger partial charge >= 0.3 is 0 Å². The lowest BCUT2D eigenvalue weighted by Gasteiger charge is -2.42. The molecule has 2 saturated carbocycles. The largest absolute Gasteiger partial charge is 0.321 e. The number of carbonyl (C=O) groups is 1.